The maximum atomic E-state index is 9.53. The van der Waals surface area contributed by atoms with Gasteiger partial charge in [0.25, 0.3) is 0 Å². The van der Waals surface area contributed by atoms with E-state index in [-0.39, 0.29) is 18.7 Å². The zero-order valence-electron chi connectivity index (χ0n) is 10.3. The van der Waals surface area contributed by atoms with Gasteiger partial charge < -0.3 is 15.6 Å². The summed E-state index contributed by atoms with van der Waals surface area (Å²) in [5.41, 5.74) is 6.17. The third-order valence-corrected chi connectivity index (χ3v) is 3.94. The fraction of sp³-hybridized carbons (Fsp3) is 1.00. The van der Waals surface area contributed by atoms with Gasteiger partial charge in [-0.05, 0) is 18.8 Å². The summed E-state index contributed by atoms with van der Waals surface area (Å²) < 4.78 is 5.80. The number of nitrogens with zero attached hydrogens (tertiary/aromatic N) is 1. The lowest BCUT2D eigenvalue weighted by atomic mass is 9.96. The van der Waals surface area contributed by atoms with E-state index in [9.17, 15) is 5.11 Å². The molecule has 2 aliphatic rings. The van der Waals surface area contributed by atoms with E-state index in [4.69, 9.17) is 10.5 Å². The van der Waals surface area contributed by atoms with Gasteiger partial charge in [-0.2, -0.15) is 0 Å². The van der Waals surface area contributed by atoms with Crippen molar-refractivity contribution in [3.63, 3.8) is 0 Å². The van der Waals surface area contributed by atoms with Crippen molar-refractivity contribution in [1.82, 2.24) is 4.90 Å². The van der Waals surface area contributed by atoms with Gasteiger partial charge in [0.2, 0.25) is 0 Å². The van der Waals surface area contributed by atoms with Crippen molar-refractivity contribution in [2.45, 2.75) is 51.0 Å². The van der Waals surface area contributed by atoms with Crippen molar-refractivity contribution in [2.75, 3.05) is 19.7 Å². The Morgan fingerprint density at radius 2 is 1.88 bits per heavy atom. The monoisotopic (exact) mass is 228 g/mol. The van der Waals surface area contributed by atoms with Gasteiger partial charge in [-0.3, -0.25) is 4.90 Å². The van der Waals surface area contributed by atoms with Gasteiger partial charge in [-0.25, -0.2) is 0 Å². The Hall–Kier alpha value is -0.160. The Morgan fingerprint density at radius 3 is 2.31 bits per heavy atom. The minimum Gasteiger partial charge on any atom is -0.395 e. The highest BCUT2D eigenvalue weighted by molar-refractivity contribution is 4.92. The van der Waals surface area contributed by atoms with E-state index < -0.39 is 0 Å². The summed E-state index contributed by atoms with van der Waals surface area (Å²) in [5.74, 6) is 0.401. The summed E-state index contributed by atoms with van der Waals surface area (Å²) in [4.78, 5) is 2.33. The number of ether oxygens (including phenoxy) is 1. The Labute approximate surface area is 97.7 Å². The second-order valence-electron chi connectivity index (χ2n) is 5.48. The fourth-order valence-corrected chi connectivity index (χ4v) is 2.84. The largest absolute Gasteiger partial charge is 0.395 e. The first-order chi connectivity index (χ1) is 7.61. The molecule has 2 heterocycles. The van der Waals surface area contributed by atoms with E-state index in [1.165, 1.54) is 0 Å². The molecule has 16 heavy (non-hydrogen) atoms. The molecule has 0 saturated carbocycles. The molecular formula is C12H24N2O2. The number of rotatable bonds is 4. The first-order valence-electron chi connectivity index (χ1n) is 6.37. The van der Waals surface area contributed by atoms with Crippen LogP contribution in [0.2, 0.25) is 0 Å². The van der Waals surface area contributed by atoms with E-state index in [0.717, 1.165) is 25.9 Å². The predicted molar refractivity (Wildman–Crippen MR) is 63.2 cm³/mol. The molecule has 0 aliphatic carbocycles. The smallest absolute Gasteiger partial charge is 0.0707 e. The van der Waals surface area contributed by atoms with Gasteiger partial charge in [-0.15, -0.1) is 0 Å². The van der Waals surface area contributed by atoms with Crippen molar-refractivity contribution in [2.24, 2.45) is 11.7 Å². The van der Waals surface area contributed by atoms with Crippen LogP contribution in [0.15, 0.2) is 0 Å². The molecule has 2 saturated heterocycles. The molecule has 2 bridgehead atoms. The molecule has 94 valence electrons. The normalized spacial score (nSPS) is 34.3. The molecule has 3 N–H and O–H groups in total. The highest BCUT2D eigenvalue weighted by atomic mass is 16.5. The van der Waals surface area contributed by atoms with E-state index in [1.54, 1.807) is 0 Å². The Bertz CT molecular complexity index is 223. The molecule has 2 aliphatic heterocycles. The zero-order chi connectivity index (χ0) is 11.7. The van der Waals surface area contributed by atoms with Crippen LogP contribution in [-0.4, -0.2) is 54.0 Å². The molecule has 4 nitrogen and oxygen atoms in total. The van der Waals surface area contributed by atoms with Gasteiger partial charge >= 0.3 is 0 Å². The lowest BCUT2D eigenvalue weighted by Crippen LogP contribution is -2.57. The van der Waals surface area contributed by atoms with Crippen molar-refractivity contribution < 1.29 is 9.84 Å². The molecule has 2 rings (SSSR count). The number of morpholine rings is 1. The summed E-state index contributed by atoms with van der Waals surface area (Å²) in [6, 6.07) is 0.134. The number of likely N-dealkylation sites (tertiary alicyclic amines) is 1. The standard InChI is InChI=1S/C12H24N2O2/c1-8(2)12(13)11(7-15)14-5-9-3-4-10(6-14)16-9/h8-12,15H,3-7,13H2,1-2H3. The minimum atomic E-state index is 0.0440. The average molecular weight is 228 g/mol. The molecule has 0 spiro atoms. The minimum absolute atomic E-state index is 0.0440. The van der Waals surface area contributed by atoms with Crippen LogP contribution in [0.5, 0.6) is 0 Å². The maximum absolute atomic E-state index is 9.53. The van der Waals surface area contributed by atoms with Crippen molar-refractivity contribution in [1.29, 1.82) is 0 Å². The SMILES string of the molecule is CC(C)C(N)C(CO)N1CC2CCC(C1)O2. The van der Waals surface area contributed by atoms with Crippen molar-refractivity contribution in [3.8, 4) is 0 Å². The number of nitrogens with two attached hydrogens (primary N) is 1. The van der Waals surface area contributed by atoms with Crippen LogP contribution in [0, 0.1) is 5.92 Å². The van der Waals surface area contributed by atoms with Gasteiger partial charge in [0.1, 0.15) is 0 Å². The van der Waals surface area contributed by atoms with E-state index >= 15 is 0 Å². The lowest BCUT2D eigenvalue weighted by Gasteiger charge is -2.40. The molecule has 0 aromatic heterocycles. The summed E-state index contributed by atoms with van der Waals surface area (Å²) in [7, 11) is 0. The first-order valence-corrected chi connectivity index (χ1v) is 6.37. The molecule has 2 fully saturated rings. The Kier molecular flexibility index (Phi) is 3.85. The molecular weight excluding hydrogens is 204 g/mol. The summed E-state index contributed by atoms with van der Waals surface area (Å²) in [6.45, 7) is 6.24. The van der Waals surface area contributed by atoms with Crippen LogP contribution in [0.25, 0.3) is 0 Å². The van der Waals surface area contributed by atoms with Crippen LogP contribution < -0.4 is 5.73 Å². The van der Waals surface area contributed by atoms with E-state index in [2.05, 4.69) is 18.7 Å². The molecule has 0 radical (unpaired) electrons. The molecule has 0 aromatic rings. The quantitative estimate of drug-likeness (QED) is 0.721. The van der Waals surface area contributed by atoms with Crippen LogP contribution in [0.4, 0.5) is 0 Å². The summed E-state index contributed by atoms with van der Waals surface area (Å²) >= 11 is 0. The number of hydrogen-bond acceptors (Lipinski definition) is 4. The lowest BCUT2D eigenvalue weighted by molar-refractivity contribution is -0.0655. The summed E-state index contributed by atoms with van der Waals surface area (Å²) in [6.07, 6.45) is 3.06. The second kappa shape index (κ2) is 5.00. The van der Waals surface area contributed by atoms with Gasteiger partial charge in [0.05, 0.1) is 18.8 Å². The third-order valence-electron chi connectivity index (χ3n) is 3.94. The van der Waals surface area contributed by atoms with E-state index in [1.807, 2.05) is 0 Å². The van der Waals surface area contributed by atoms with Crippen molar-refractivity contribution in [3.05, 3.63) is 0 Å². The maximum Gasteiger partial charge on any atom is 0.0707 e. The molecule has 0 aromatic carbocycles. The number of fused-ring (bicyclic) bond motifs is 2. The number of hydrogen-bond donors (Lipinski definition) is 2. The highest BCUT2D eigenvalue weighted by Crippen LogP contribution is 2.28. The van der Waals surface area contributed by atoms with Crippen molar-refractivity contribution >= 4 is 0 Å². The molecule has 4 atom stereocenters. The van der Waals surface area contributed by atoms with Crippen LogP contribution in [0.3, 0.4) is 0 Å². The number of aliphatic hydroxyl groups excluding tert-OH is 1. The zero-order valence-corrected chi connectivity index (χ0v) is 10.3. The third kappa shape index (κ3) is 2.40. The number of aliphatic hydroxyl groups is 1. The average Bonchev–Trinajstić information content (AvgIpc) is 2.59. The second-order valence-corrected chi connectivity index (χ2v) is 5.48. The fourth-order valence-electron chi connectivity index (χ4n) is 2.84. The highest BCUT2D eigenvalue weighted by Gasteiger charge is 2.38. The predicted octanol–water partition coefficient (Wildman–Crippen LogP) is 0.194. The van der Waals surface area contributed by atoms with Gasteiger partial charge in [0, 0.05) is 25.2 Å². The first kappa shape index (κ1) is 12.3. The van der Waals surface area contributed by atoms with Gasteiger partial charge in [0.15, 0.2) is 0 Å². The summed E-state index contributed by atoms with van der Waals surface area (Å²) in [5, 5.41) is 9.53. The van der Waals surface area contributed by atoms with E-state index in [0.29, 0.717) is 18.1 Å². The molecule has 0 amide bonds. The van der Waals surface area contributed by atoms with Crippen LogP contribution in [-0.2, 0) is 4.74 Å². The topological polar surface area (TPSA) is 58.7 Å². The molecule has 4 heteroatoms. The van der Waals surface area contributed by atoms with Gasteiger partial charge in [-0.1, -0.05) is 13.8 Å². The van der Waals surface area contributed by atoms with Crippen LogP contribution >= 0.6 is 0 Å². The molecule has 4 unspecified atom stereocenters. The van der Waals surface area contributed by atoms with Crippen LogP contribution in [0.1, 0.15) is 26.7 Å². The Morgan fingerprint density at radius 1 is 1.31 bits per heavy atom. The Balaban J connectivity index is 1.99.